The molecule has 0 aliphatic rings. The summed E-state index contributed by atoms with van der Waals surface area (Å²) >= 11 is 0. The zero-order chi connectivity index (χ0) is 8.20. The van der Waals surface area contributed by atoms with Crippen LogP contribution in [0.5, 0.6) is 0 Å². The summed E-state index contributed by atoms with van der Waals surface area (Å²) in [5.41, 5.74) is -1.07. The highest BCUT2D eigenvalue weighted by Crippen LogP contribution is 2.14. The predicted molar refractivity (Wildman–Crippen MR) is 38.8 cm³/mol. The molecule has 0 aliphatic carbocycles. The molecule has 3 nitrogen and oxygen atoms in total. The molecule has 0 aromatic rings. The standard InChI is InChI=1S/C7H16O3/c1-4-7(9,5-10-3)6(2)8/h6,8-9H,4-5H2,1-3H3. The van der Waals surface area contributed by atoms with E-state index in [0.717, 1.165) is 0 Å². The van der Waals surface area contributed by atoms with Crippen LogP contribution in [0.4, 0.5) is 0 Å². The van der Waals surface area contributed by atoms with Crippen LogP contribution in [0.1, 0.15) is 20.3 Å². The van der Waals surface area contributed by atoms with E-state index < -0.39 is 11.7 Å². The molecular formula is C7H16O3. The van der Waals surface area contributed by atoms with E-state index in [4.69, 9.17) is 9.84 Å². The summed E-state index contributed by atoms with van der Waals surface area (Å²) in [6.45, 7) is 3.55. The van der Waals surface area contributed by atoms with Gasteiger partial charge in [-0.1, -0.05) is 6.92 Å². The van der Waals surface area contributed by atoms with Gasteiger partial charge in [0.15, 0.2) is 0 Å². The van der Waals surface area contributed by atoms with E-state index in [9.17, 15) is 5.11 Å². The average molecular weight is 148 g/mol. The Morgan fingerprint density at radius 3 is 2.20 bits per heavy atom. The maximum Gasteiger partial charge on any atom is 0.113 e. The van der Waals surface area contributed by atoms with Crippen molar-refractivity contribution in [2.75, 3.05) is 13.7 Å². The van der Waals surface area contributed by atoms with E-state index in [1.807, 2.05) is 6.92 Å². The van der Waals surface area contributed by atoms with Gasteiger partial charge in [-0.05, 0) is 13.3 Å². The first-order valence-electron chi connectivity index (χ1n) is 3.46. The van der Waals surface area contributed by atoms with E-state index in [1.165, 1.54) is 7.11 Å². The van der Waals surface area contributed by atoms with Gasteiger partial charge in [0, 0.05) is 7.11 Å². The number of hydrogen-bond donors (Lipinski definition) is 2. The van der Waals surface area contributed by atoms with Gasteiger partial charge in [-0.2, -0.15) is 0 Å². The monoisotopic (exact) mass is 148 g/mol. The molecule has 0 amide bonds. The van der Waals surface area contributed by atoms with Crippen molar-refractivity contribution in [3.05, 3.63) is 0 Å². The summed E-state index contributed by atoms with van der Waals surface area (Å²) in [7, 11) is 1.50. The first-order valence-corrected chi connectivity index (χ1v) is 3.46. The summed E-state index contributed by atoms with van der Waals surface area (Å²) in [6, 6.07) is 0. The molecule has 62 valence electrons. The lowest BCUT2D eigenvalue weighted by atomic mass is 9.96. The predicted octanol–water partition coefficient (Wildman–Crippen LogP) is 0.155. The van der Waals surface area contributed by atoms with Crippen LogP contribution in [0.2, 0.25) is 0 Å². The van der Waals surface area contributed by atoms with Gasteiger partial charge in [-0.25, -0.2) is 0 Å². The summed E-state index contributed by atoms with van der Waals surface area (Å²) in [5, 5.41) is 18.6. The van der Waals surface area contributed by atoms with Crippen LogP contribution in [-0.2, 0) is 4.74 Å². The average Bonchev–Trinajstić information content (AvgIpc) is 1.88. The van der Waals surface area contributed by atoms with Gasteiger partial charge in [0.1, 0.15) is 5.60 Å². The van der Waals surface area contributed by atoms with Gasteiger partial charge in [0.2, 0.25) is 0 Å². The minimum atomic E-state index is -1.07. The topological polar surface area (TPSA) is 49.7 Å². The lowest BCUT2D eigenvalue weighted by molar-refractivity contribution is -0.108. The van der Waals surface area contributed by atoms with Crippen molar-refractivity contribution in [2.24, 2.45) is 0 Å². The number of aliphatic hydroxyl groups excluding tert-OH is 1. The fraction of sp³-hybridized carbons (Fsp3) is 1.00. The Bertz CT molecular complexity index is 92.9. The maximum absolute atomic E-state index is 9.52. The van der Waals surface area contributed by atoms with E-state index in [-0.39, 0.29) is 6.61 Å². The van der Waals surface area contributed by atoms with Crippen LogP contribution in [0, 0.1) is 0 Å². The molecule has 0 aliphatic heterocycles. The molecular weight excluding hydrogens is 132 g/mol. The molecule has 0 aromatic carbocycles. The Morgan fingerprint density at radius 2 is 2.10 bits per heavy atom. The minimum Gasteiger partial charge on any atom is -0.390 e. The van der Waals surface area contributed by atoms with Crippen molar-refractivity contribution < 1.29 is 14.9 Å². The summed E-state index contributed by atoms with van der Waals surface area (Å²) < 4.78 is 4.75. The fourth-order valence-electron chi connectivity index (χ4n) is 0.768. The highest BCUT2D eigenvalue weighted by atomic mass is 16.5. The van der Waals surface area contributed by atoms with Crippen molar-refractivity contribution in [2.45, 2.75) is 32.0 Å². The first-order chi connectivity index (χ1) is 4.56. The van der Waals surface area contributed by atoms with Crippen molar-refractivity contribution in [1.29, 1.82) is 0 Å². The van der Waals surface area contributed by atoms with Crippen molar-refractivity contribution in [3.63, 3.8) is 0 Å². The fourth-order valence-corrected chi connectivity index (χ4v) is 0.768. The molecule has 2 N–H and O–H groups in total. The van der Waals surface area contributed by atoms with Crippen LogP contribution in [0.15, 0.2) is 0 Å². The molecule has 2 unspecified atom stereocenters. The summed E-state index contributed by atoms with van der Waals surface area (Å²) in [6.07, 6.45) is -0.240. The largest absolute Gasteiger partial charge is 0.390 e. The molecule has 10 heavy (non-hydrogen) atoms. The molecule has 0 heterocycles. The SMILES string of the molecule is CCC(O)(COC)C(C)O. The second-order valence-corrected chi connectivity index (χ2v) is 2.57. The van der Waals surface area contributed by atoms with Crippen LogP contribution >= 0.6 is 0 Å². The molecule has 0 aromatic heterocycles. The Morgan fingerprint density at radius 1 is 1.60 bits per heavy atom. The van der Waals surface area contributed by atoms with Gasteiger partial charge < -0.3 is 14.9 Å². The lowest BCUT2D eigenvalue weighted by Crippen LogP contribution is -2.44. The number of ether oxygens (including phenoxy) is 1. The highest BCUT2D eigenvalue weighted by Gasteiger charge is 2.30. The van der Waals surface area contributed by atoms with E-state index in [1.54, 1.807) is 6.92 Å². The molecule has 0 bridgehead atoms. The minimum absolute atomic E-state index is 0.182. The van der Waals surface area contributed by atoms with Crippen LogP contribution in [-0.4, -0.2) is 35.6 Å². The Balaban J connectivity index is 3.94. The normalized spacial score (nSPS) is 20.1. The molecule has 0 radical (unpaired) electrons. The second-order valence-electron chi connectivity index (χ2n) is 2.57. The van der Waals surface area contributed by atoms with Gasteiger partial charge >= 0.3 is 0 Å². The van der Waals surface area contributed by atoms with Crippen LogP contribution < -0.4 is 0 Å². The van der Waals surface area contributed by atoms with Crippen molar-refractivity contribution in [3.8, 4) is 0 Å². The number of rotatable bonds is 4. The van der Waals surface area contributed by atoms with E-state index in [2.05, 4.69) is 0 Å². The zero-order valence-corrected chi connectivity index (χ0v) is 6.79. The maximum atomic E-state index is 9.52. The molecule has 0 rings (SSSR count). The molecule has 3 heteroatoms. The van der Waals surface area contributed by atoms with Gasteiger partial charge in [-0.15, -0.1) is 0 Å². The molecule has 0 spiro atoms. The smallest absolute Gasteiger partial charge is 0.113 e. The second kappa shape index (κ2) is 3.91. The van der Waals surface area contributed by atoms with E-state index >= 15 is 0 Å². The first kappa shape index (κ1) is 9.88. The molecule has 0 fully saturated rings. The van der Waals surface area contributed by atoms with Crippen molar-refractivity contribution >= 4 is 0 Å². The highest BCUT2D eigenvalue weighted by molar-refractivity contribution is 4.81. The molecule has 2 atom stereocenters. The molecule has 0 saturated heterocycles. The zero-order valence-electron chi connectivity index (χ0n) is 6.79. The molecule has 0 saturated carbocycles. The van der Waals surface area contributed by atoms with E-state index in [0.29, 0.717) is 6.42 Å². The number of methoxy groups -OCH3 is 1. The Kier molecular flexibility index (Phi) is 3.86. The quantitative estimate of drug-likeness (QED) is 0.597. The third-order valence-electron chi connectivity index (χ3n) is 1.78. The van der Waals surface area contributed by atoms with Gasteiger partial charge in [0.25, 0.3) is 0 Å². The van der Waals surface area contributed by atoms with Crippen molar-refractivity contribution in [1.82, 2.24) is 0 Å². The van der Waals surface area contributed by atoms with Gasteiger partial charge in [-0.3, -0.25) is 0 Å². The van der Waals surface area contributed by atoms with Crippen LogP contribution in [0.3, 0.4) is 0 Å². The number of hydrogen-bond acceptors (Lipinski definition) is 3. The van der Waals surface area contributed by atoms with Crippen LogP contribution in [0.25, 0.3) is 0 Å². The van der Waals surface area contributed by atoms with Gasteiger partial charge in [0.05, 0.1) is 12.7 Å². The summed E-state index contributed by atoms with van der Waals surface area (Å²) in [5.74, 6) is 0. The Hall–Kier alpha value is -0.120. The number of aliphatic hydroxyl groups is 2. The third-order valence-corrected chi connectivity index (χ3v) is 1.78. The Labute approximate surface area is 61.6 Å². The third kappa shape index (κ3) is 2.25. The lowest BCUT2D eigenvalue weighted by Gasteiger charge is -2.28. The summed E-state index contributed by atoms with van der Waals surface area (Å²) in [4.78, 5) is 0.